The first-order chi connectivity index (χ1) is 8.58. The van der Waals surface area contributed by atoms with E-state index in [2.05, 4.69) is 25.2 Å². The van der Waals surface area contributed by atoms with Crippen LogP contribution in [0.1, 0.15) is 19.4 Å². The van der Waals surface area contributed by atoms with Gasteiger partial charge in [0.1, 0.15) is 11.4 Å². The predicted octanol–water partition coefficient (Wildman–Crippen LogP) is 3.58. The molecule has 0 atom stereocenters. The highest BCUT2D eigenvalue weighted by Crippen LogP contribution is 2.39. The highest BCUT2D eigenvalue weighted by Gasteiger charge is 2.28. The second-order valence-electron chi connectivity index (χ2n) is 5.42. The van der Waals surface area contributed by atoms with Gasteiger partial charge in [0.25, 0.3) is 0 Å². The Balaban J connectivity index is 2.25. The number of furan rings is 1. The maximum atomic E-state index is 13.7. The first-order valence-corrected chi connectivity index (χ1v) is 6.16. The molecule has 1 aromatic carbocycles. The highest BCUT2D eigenvalue weighted by atomic mass is 19.1. The van der Waals surface area contributed by atoms with Crippen molar-refractivity contribution in [2.45, 2.75) is 13.8 Å². The van der Waals surface area contributed by atoms with E-state index in [-0.39, 0.29) is 11.2 Å². The first-order valence-electron chi connectivity index (χ1n) is 6.16. The van der Waals surface area contributed by atoms with Gasteiger partial charge in [-0.15, -0.1) is 0 Å². The molecule has 3 heteroatoms. The summed E-state index contributed by atoms with van der Waals surface area (Å²) >= 11 is 0. The van der Waals surface area contributed by atoms with Crippen molar-refractivity contribution in [1.82, 2.24) is 5.32 Å². The quantitative estimate of drug-likeness (QED) is 0.830. The van der Waals surface area contributed by atoms with Crippen LogP contribution in [-0.2, 0) is 0 Å². The molecule has 2 aromatic rings. The molecule has 1 aliphatic heterocycles. The maximum absolute atomic E-state index is 13.7. The summed E-state index contributed by atoms with van der Waals surface area (Å²) in [5, 5.41) is 4.15. The average Bonchev–Trinajstić information content (AvgIpc) is 2.75. The van der Waals surface area contributed by atoms with E-state index >= 15 is 0 Å². The smallest absolute Gasteiger partial charge is 0.141 e. The Bertz CT molecular complexity index is 624. The zero-order valence-electron chi connectivity index (χ0n) is 10.6. The Morgan fingerprint density at radius 1 is 1.33 bits per heavy atom. The molecular weight excluding hydrogens is 229 g/mol. The summed E-state index contributed by atoms with van der Waals surface area (Å²) in [5.41, 5.74) is 2.78. The Morgan fingerprint density at radius 2 is 2.17 bits per heavy atom. The van der Waals surface area contributed by atoms with Crippen molar-refractivity contribution in [3.63, 3.8) is 0 Å². The van der Waals surface area contributed by atoms with Crippen LogP contribution < -0.4 is 5.32 Å². The molecule has 1 aromatic heterocycles. The maximum Gasteiger partial charge on any atom is 0.141 e. The van der Waals surface area contributed by atoms with Gasteiger partial charge in [0.05, 0.1) is 6.26 Å². The molecule has 2 heterocycles. The van der Waals surface area contributed by atoms with Crippen molar-refractivity contribution in [2.75, 3.05) is 13.1 Å². The van der Waals surface area contributed by atoms with Gasteiger partial charge in [0.2, 0.25) is 0 Å². The SMILES string of the molecule is CC1(C)CNCC=C1c1cc(F)cc2ccoc12. The third-order valence-corrected chi connectivity index (χ3v) is 3.55. The molecule has 0 amide bonds. The lowest BCUT2D eigenvalue weighted by molar-refractivity contribution is 0.445. The largest absolute Gasteiger partial charge is 0.464 e. The minimum atomic E-state index is -0.214. The number of hydrogen-bond donors (Lipinski definition) is 1. The Hall–Kier alpha value is -1.61. The van der Waals surface area contributed by atoms with Crippen LogP contribution in [0.4, 0.5) is 4.39 Å². The number of hydrogen-bond acceptors (Lipinski definition) is 2. The highest BCUT2D eigenvalue weighted by molar-refractivity contribution is 5.91. The van der Waals surface area contributed by atoms with Gasteiger partial charge >= 0.3 is 0 Å². The topological polar surface area (TPSA) is 25.2 Å². The van der Waals surface area contributed by atoms with Crippen molar-refractivity contribution in [2.24, 2.45) is 5.41 Å². The van der Waals surface area contributed by atoms with E-state index in [1.165, 1.54) is 6.07 Å². The van der Waals surface area contributed by atoms with Crippen LogP contribution in [0.25, 0.3) is 16.5 Å². The second kappa shape index (κ2) is 3.95. The molecule has 0 fully saturated rings. The van der Waals surface area contributed by atoms with Gasteiger partial charge in [0, 0.05) is 29.5 Å². The summed E-state index contributed by atoms with van der Waals surface area (Å²) in [6.45, 7) is 6.02. The molecule has 0 saturated heterocycles. The van der Waals surface area contributed by atoms with E-state index in [4.69, 9.17) is 4.42 Å². The number of rotatable bonds is 1. The normalized spacial score (nSPS) is 18.9. The summed E-state index contributed by atoms with van der Waals surface area (Å²) in [6.07, 6.45) is 3.74. The van der Waals surface area contributed by atoms with E-state index in [9.17, 15) is 4.39 Å². The lowest BCUT2D eigenvalue weighted by Crippen LogP contribution is -2.35. The van der Waals surface area contributed by atoms with Crippen LogP contribution in [0.2, 0.25) is 0 Å². The summed E-state index contributed by atoms with van der Waals surface area (Å²) in [7, 11) is 0. The van der Waals surface area contributed by atoms with E-state index in [1.54, 1.807) is 18.4 Å². The molecule has 0 spiro atoms. The zero-order valence-corrected chi connectivity index (χ0v) is 10.6. The molecule has 3 rings (SSSR count). The summed E-state index contributed by atoms with van der Waals surface area (Å²) in [5.74, 6) is -0.214. The Kier molecular flexibility index (Phi) is 2.52. The number of nitrogens with one attached hydrogen (secondary N) is 1. The Morgan fingerprint density at radius 3 is 2.94 bits per heavy atom. The Labute approximate surface area is 105 Å². The number of fused-ring (bicyclic) bond motifs is 1. The van der Waals surface area contributed by atoms with Crippen LogP contribution in [0, 0.1) is 11.2 Å². The molecule has 2 nitrogen and oxygen atoms in total. The molecule has 0 saturated carbocycles. The van der Waals surface area contributed by atoms with Crippen LogP contribution in [0.15, 0.2) is 35.0 Å². The monoisotopic (exact) mass is 245 g/mol. The molecule has 1 aliphatic rings. The second-order valence-corrected chi connectivity index (χ2v) is 5.42. The van der Waals surface area contributed by atoms with Gasteiger partial charge in [-0.2, -0.15) is 0 Å². The molecule has 18 heavy (non-hydrogen) atoms. The number of halogens is 1. The van der Waals surface area contributed by atoms with Crippen LogP contribution >= 0.6 is 0 Å². The lowest BCUT2D eigenvalue weighted by Gasteiger charge is -2.32. The van der Waals surface area contributed by atoms with Crippen molar-refractivity contribution in [3.05, 3.63) is 41.9 Å². The molecule has 0 unspecified atom stereocenters. The van der Waals surface area contributed by atoms with E-state index in [0.29, 0.717) is 0 Å². The molecule has 0 bridgehead atoms. The summed E-state index contributed by atoms with van der Waals surface area (Å²) < 4.78 is 19.2. The number of benzene rings is 1. The van der Waals surface area contributed by atoms with E-state index in [1.807, 2.05) is 0 Å². The van der Waals surface area contributed by atoms with Crippen LogP contribution in [0.5, 0.6) is 0 Å². The fourth-order valence-electron chi connectivity index (χ4n) is 2.65. The van der Waals surface area contributed by atoms with Crippen molar-refractivity contribution in [1.29, 1.82) is 0 Å². The van der Waals surface area contributed by atoms with Gasteiger partial charge in [-0.3, -0.25) is 0 Å². The molecular formula is C15H16FNO. The minimum Gasteiger partial charge on any atom is -0.464 e. The third kappa shape index (κ3) is 1.75. The van der Waals surface area contributed by atoms with Crippen molar-refractivity contribution in [3.8, 4) is 0 Å². The first kappa shape index (κ1) is 11.5. The minimum absolute atomic E-state index is 0.0221. The lowest BCUT2D eigenvalue weighted by atomic mass is 9.78. The van der Waals surface area contributed by atoms with Gasteiger partial charge in [0.15, 0.2) is 0 Å². The van der Waals surface area contributed by atoms with Gasteiger partial charge in [-0.05, 0) is 23.8 Å². The third-order valence-electron chi connectivity index (χ3n) is 3.55. The average molecular weight is 245 g/mol. The van der Waals surface area contributed by atoms with E-state index < -0.39 is 0 Å². The van der Waals surface area contributed by atoms with Crippen molar-refractivity contribution >= 4 is 16.5 Å². The summed E-state index contributed by atoms with van der Waals surface area (Å²) in [4.78, 5) is 0. The molecule has 94 valence electrons. The fourth-order valence-corrected chi connectivity index (χ4v) is 2.65. The standard InChI is InChI=1S/C15H16FNO/c1-15(2)9-17-5-3-13(15)12-8-11(16)7-10-4-6-18-14(10)12/h3-4,6-8,17H,5,9H2,1-2H3. The van der Waals surface area contributed by atoms with Crippen LogP contribution in [0.3, 0.4) is 0 Å². The predicted molar refractivity (Wildman–Crippen MR) is 70.8 cm³/mol. The zero-order chi connectivity index (χ0) is 12.8. The van der Waals surface area contributed by atoms with E-state index in [0.717, 1.165) is 35.2 Å². The van der Waals surface area contributed by atoms with Crippen molar-refractivity contribution < 1.29 is 8.81 Å². The molecule has 1 N–H and O–H groups in total. The van der Waals surface area contributed by atoms with Gasteiger partial charge in [-0.25, -0.2) is 4.39 Å². The van der Waals surface area contributed by atoms with Gasteiger partial charge in [-0.1, -0.05) is 19.9 Å². The molecule has 0 radical (unpaired) electrons. The van der Waals surface area contributed by atoms with Gasteiger partial charge < -0.3 is 9.73 Å². The molecule has 0 aliphatic carbocycles. The fraction of sp³-hybridized carbons (Fsp3) is 0.333. The van der Waals surface area contributed by atoms with Crippen LogP contribution in [-0.4, -0.2) is 13.1 Å². The summed E-state index contributed by atoms with van der Waals surface area (Å²) in [6, 6.07) is 4.89.